The van der Waals surface area contributed by atoms with E-state index in [0.29, 0.717) is 10.7 Å². The van der Waals surface area contributed by atoms with E-state index in [1.54, 1.807) is 6.07 Å². The minimum atomic E-state index is -0.703. The Labute approximate surface area is 156 Å². The monoisotopic (exact) mass is 396 g/mol. The van der Waals surface area contributed by atoms with Gasteiger partial charge in [-0.3, -0.25) is 14.5 Å². The van der Waals surface area contributed by atoms with E-state index in [0.717, 1.165) is 11.0 Å². The van der Waals surface area contributed by atoms with Gasteiger partial charge in [0.1, 0.15) is 6.54 Å². The van der Waals surface area contributed by atoms with Crippen LogP contribution in [0.1, 0.15) is 0 Å². The maximum absolute atomic E-state index is 12.3. The molecule has 2 heterocycles. The molecule has 1 aromatic heterocycles. The van der Waals surface area contributed by atoms with Crippen molar-refractivity contribution in [3.63, 3.8) is 0 Å². The normalized spacial score (nSPS) is 13.0. The van der Waals surface area contributed by atoms with Crippen LogP contribution in [0.5, 0.6) is 5.75 Å². The lowest BCUT2D eigenvalue weighted by Crippen LogP contribution is -2.44. The molecule has 0 bridgehead atoms. The van der Waals surface area contributed by atoms with E-state index >= 15 is 0 Å². The third-order valence-corrected chi connectivity index (χ3v) is 3.97. The molecule has 1 N–H and O–H groups in total. The van der Waals surface area contributed by atoms with Gasteiger partial charge in [0.15, 0.2) is 12.4 Å². The first-order valence-electron chi connectivity index (χ1n) is 7.18. The molecule has 0 unspecified atom stereocenters. The molecule has 3 rings (SSSR count). The number of aromatic nitrogens is 1. The molecule has 134 valence electrons. The van der Waals surface area contributed by atoms with E-state index < -0.39 is 29.1 Å². The second-order valence-corrected chi connectivity index (χ2v) is 6.03. The van der Waals surface area contributed by atoms with E-state index in [-0.39, 0.29) is 23.2 Å². The Balaban J connectivity index is 1.83. The van der Waals surface area contributed by atoms with Gasteiger partial charge < -0.3 is 20.2 Å². The number of fused-ring (bicyclic) bond motifs is 1. The van der Waals surface area contributed by atoms with Gasteiger partial charge >= 0.3 is 5.82 Å². The van der Waals surface area contributed by atoms with Crippen LogP contribution in [0.25, 0.3) is 0 Å². The summed E-state index contributed by atoms with van der Waals surface area (Å²) in [6.07, 6.45) is 0. The fourth-order valence-corrected chi connectivity index (χ4v) is 2.71. The number of nitrogens with zero attached hydrogens (tertiary/aromatic N) is 3. The average molecular weight is 397 g/mol. The van der Waals surface area contributed by atoms with Crippen LogP contribution < -0.4 is 15.0 Å². The van der Waals surface area contributed by atoms with Gasteiger partial charge in [0.25, 0.3) is 11.7 Å². The van der Waals surface area contributed by atoms with Crippen molar-refractivity contribution >= 4 is 52.3 Å². The van der Waals surface area contributed by atoms with Crippen LogP contribution in [0.15, 0.2) is 30.3 Å². The second kappa shape index (κ2) is 7.14. The van der Waals surface area contributed by atoms with Crippen LogP contribution in [-0.4, -0.2) is 34.9 Å². The second-order valence-electron chi connectivity index (χ2n) is 5.19. The largest absolute Gasteiger partial charge is 0.477 e. The quantitative estimate of drug-likeness (QED) is 0.627. The molecule has 2 aromatic rings. The number of nitrogens with one attached hydrogen (secondary N) is 1. The van der Waals surface area contributed by atoms with Crippen molar-refractivity contribution in [1.82, 2.24) is 4.98 Å². The van der Waals surface area contributed by atoms with Crippen molar-refractivity contribution in [3.05, 3.63) is 50.5 Å². The Morgan fingerprint density at radius 3 is 2.81 bits per heavy atom. The third-order valence-electron chi connectivity index (χ3n) is 3.43. The molecule has 2 amide bonds. The molecule has 1 aliphatic rings. The summed E-state index contributed by atoms with van der Waals surface area (Å²) in [7, 11) is 0. The van der Waals surface area contributed by atoms with Crippen molar-refractivity contribution < 1.29 is 19.2 Å². The molecule has 9 nitrogen and oxygen atoms in total. The number of anilines is 2. The first kappa shape index (κ1) is 17.9. The number of rotatable bonds is 4. The number of ether oxygens (including phenoxy) is 1. The number of benzene rings is 1. The molecule has 0 aliphatic carbocycles. The number of hydrogen-bond acceptors (Lipinski definition) is 6. The molecule has 26 heavy (non-hydrogen) atoms. The maximum Gasteiger partial charge on any atom is 0.366 e. The number of nitro groups is 1. The predicted octanol–water partition coefficient (Wildman–Crippen LogP) is 2.66. The van der Waals surface area contributed by atoms with Crippen LogP contribution in [0.2, 0.25) is 10.0 Å². The SMILES string of the molecule is O=C(CN1C(=O)COc2ccc([N+](=O)[O-])nc21)Nc1ccc(Cl)cc1Cl. The lowest BCUT2D eigenvalue weighted by atomic mass is 10.3. The molecular weight excluding hydrogens is 387 g/mol. The highest BCUT2D eigenvalue weighted by molar-refractivity contribution is 6.36. The van der Waals surface area contributed by atoms with Crippen LogP contribution >= 0.6 is 23.2 Å². The van der Waals surface area contributed by atoms with Gasteiger partial charge in [-0.15, -0.1) is 0 Å². The van der Waals surface area contributed by atoms with Gasteiger partial charge in [0.2, 0.25) is 5.91 Å². The van der Waals surface area contributed by atoms with Crippen LogP contribution in [-0.2, 0) is 9.59 Å². The van der Waals surface area contributed by atoms with Crippen LogP contribution in [0.3, 0.4) is 0 Å². The van der Waals surface area contributed by atoms with Crippen molar-refractivity contribution in [2.75, 3.05) is 23.4 Å². The molecule has 11 heteroatoms. The van der Waals surface area contributed by atoms with Crippen molar-refractivity contribution in [2.45, 2.75) is 0 Å². The fraction of sp³-hybridized carbons (Fsp3) is 0.133. The Bertz CT molecular complexity index is 921. The number of carbonyl (C=O) groups is 2. The number of hydrogen-bond donors (Lipinski definition) is 1. The lowest BCUT2D eigenvalue weighted by Gasteiger charge is -2.24. The van der Waals surface area contributed by atoms with Gasteiger partial charge in [-0.25, -0.2) is 0 Å². The Morgan fingerprint density at radius 2 is 2.12 bits per heavy atom. The summed E-state index contributed by atoms with van der Waals surface area (Å²) in [5, 5.41) is 14.1. The Morgan fingerprint density at radius 1 is 1.35 bits per heavy atom. The number of amides is 2. The molecule has 0 radical (unpaired) electrons. The van der Waals surface area contributed by atoms with E-state index in [2.05, 4.69) is 10.3 Å². The Kier molecular flexibility index (Phi) is 4.92. The summed E-state index contributed by atoms with van der Waals surface area (Å²) in [6.45, 7) is -0.718. The molecule has 1 aliphatic heterocycles. The summed E-state index contributed by atoms with van der Waals surface area (Å²) in [4.78, 5) is 39.4. The van der Waals surface area contributed by atoms with Crippen molar-refractivity contribution in [1.29, 1.82) is 0 Å². The zero-order valence-corrected chi connectivity index (χ0v) is 14.5. The molecule has 0 saturated carbocycles. The summed E-state index contributed by atoms with van der Waals surface area (Å²) >= 11 is 11.8. The first-order chi connectivity index (χ1) is 12.3. The number of carbonyl (C=O) groups excluding carboxylic acids is 2. The fourth-order valence-electron chi connectivity index (χ4n) is 2.26. The summed E-state index contributed by atoms with van der Waals surface area (Å²) in [5.41, 5.74) is 0.314. The smallest absolute Gasteiger partial charge is 0.366 e. The van der Waals surface area contributed by atoms with Crippen LogP contribution in [0, 0.1) is 10.1 Å². The minimum absolute atomic E-state index is 0.0900. The molecule has 1 aromatic carbocycles. The molecule has 0 fully saturated rings. The zero-order chi connectivity index (χ0) is 18.8. The summed E-state index contributed by atoms with van der Waals surface area (Å²) < 4.78 is 5.19. The molecule has 0 atom stereocenters. The van der Waals surface area contributed by atoms with Crippen molar-refractivity contribution in [3.8, 4) is 5.75 Å². The lowest BCUT2D eigenvalue weighted by molar-refractivity contribution is -0.389. The maximum atomic E-state index is 12.3. The highest BCUT2D eigenvalue weighted by Crippen LogP contribution is 2.32. The number of halogens is 2. The molecule has 0 saturated heterocycles. The van der Waals surface area contributed by atoms with E-state index in [4.69, 9.17) is 27.9 Å². The molecule has 0 spiro atoms. The highest BCUT2D eigenvalue weighted by Gasteiger charge is 2.33. The third kappa shape index (κ3) is 3.68. The van der Waals surface area contributed by atoms with Gasteiger partial charge in [-0.2, -0.15) is 0 Å². The first-order valence-corrected chi connectivity index (χ1v) is 7.94. The zero-order valence-electron chi connectivity index (χ0n) is 12.9. The van der Waals surface area contributed by atoms with Gasteiger partial charge in [-0.05, 0) is 34.2 Å². The number of pyridine rings is 1. The topological polar surface area (TPSA) is 115 Å². The standard InChI is InChI=1S/C15H10Cl2N4O5/c16-8-1-2-10(9(17)5-8)18-13(22)6-20-14(23)7-26-11-3-4-12(21(24)25)19-15(11)20/h1-5H,6-7H2,(H,18,22). The highest BCUT2D eigenvalue weighted by atomic mass is 35.5. The average Bonchev–Trinajstić information content (AvgIpc) is 2.59. The van der Waals surface area contributed by atoms with Gasteiger partial charge in [0, 0.05) is 11.1 Å². The van der Waals surface area contributed by atoms with Gasteiger partial charge in [0.05, 0.1) is 10.7 Å². The molecular formula is C15H10Cl2N4O5. The minimum Gasteiger partial charge on any atom is -0.477 e. The van der Waals surface area contributed by atoms with Crippen molar-refractivity contribution in [2.24, 2.45) is 0 Å². The van der Waals surface area contributed by atoms with Gasteiger partial charge in [-0.1, -0.05) is 23.2 Å². The van der Waals surface area contributed by atoms with E-state index in [1.165, 1.54) is 18.2 Å². The van der Waals surface area contributed by atoms with E-state index in [1.807, 2.05) is 0 Å². The van der Waals surface area contributed by atoms with Crippen LogP contribution in [0.4, 0.5) is 17.3 Å². The predicted molar refractivity (Wildman–Crippen MR) is 93.8 cm³/mol. The Hall–Kier alpha value is -2.91. The summed E-state index contributed by atoms with van der Waals surface area (Å²) in [6, 6.07) is 7.00. The van der Waals surface area contributed by atoms with E-state index in [9.17, 15) is 19.7 Å². The summed E-state index contributed by atoms with van der Waals surface area (Å²) in [5.74, 6) is -1.50.